The lowest BCUT2D eigenvalue weighted by atomic mass is 10.3. The minimum absolute atomic E-state index is 0.0214. The summed E-state index contributed by atoms with van der Waals surface area (Å²) in [5, 5.41) is 8.95. The Morgan fingerprint density at radius 3 is 2.73 bits per heavy atom. The van der Waals surface area contributed by atoms with Crippen molar-refractivity contribution < 1.29 is 14.2 Å². The Hall–Kier alpha value is -0.960. The maximum absolute atomic E-state index is 12.7. The summed E-state index contributed by atoms with van der Waals surface area (Å²) < 4.78 is 17.3. The largest absolute Gasteiger partial charge is 0.506 e. The minimum atomic E-state index is -0.588. The van der Waals surface area contributed by atoms with E-state index in [4.69, 9.17) is 16.7 Å². The van der Waals surface area contributed by atoms with Crippen LogP contribution in [0.4, 0.5) is 4.39 Å². The topological polar surface area (TPSA) is 29.5 Å². The van der Waals surface area contributed by atoms with E-state index in [0.717, 1.165) is 12.1 Å². The number of phenolic OH excluding ortho intramolecular Hbond substituents is 1. The van der Waals surface area contributed by atoms with Gasteiger partial charge in [-0.1, -0.05) is 11.6 Å². The van der Waals surface area contributed by atoms with Crippen LogP contribution in [0.15, 0.2) is 12.1 Å². The molecule has 0 heterocycles. The maximum Gasteiger partial charge on any atom is 0.166 e. The lowest BCUT2D eigenvalue weighted by molar-refractivity contribution is 0.380. The Bertz CT molecular complexity index is 275. The fourth-order valence-corrected chi connectivity index (χ4v) is 0.825. The maximum atomic E-state index is 12.7. The first-order valence-corrected chi connectivity index (χ1v) is 3.25. The summed E-state index contributed by atoms with van der Waals surface area (Å²) in [7, 11) is 1.31. The highest BCUT2D eigenvalue weighted by atomic mass is 35.5. The lowest BCUT2D eigenvalue weighted by Gasteiger charge is -2.02. The van der Waals surface area contributed by atoms with E-state index in [1.54, 1.807) is 0 Å². The summed E-state index contributed by atoms with van der Waals surface area (Å²) in [5.41, 5.74) is 0. The zero-order valence-electron chi connectivity index (χ0n) is 5.77. The minimum Gasteiger partial charge on any atom is -0.506 e. The Balaban J connectivity index is 3.21. The molecular weight excluding hydrogens is 171 g/mol. The van der Waals surface area contributed by atoms with Crippen LogP contribution in [0.3, 0.4) is 0 Å². The zero-order valence-corrected chi connectivity index (χ0v) is 6.52. The van der Waals surface area contributed by atoms with Gasteiger partial charge in [-0.3, -0.25) is 0 Å². The van der Waals surface area contributed by atoms with E-state index in [1.807, 2.05) is 0 Å². The summed E-state index contributed by atoms with van der Waals surface area (Å²) in [6.07, 6.45) is 0. The van der Waals surface area contributed by atoms with Crippen molar-refractivity contribution in [2.75, 3.05) is 7.11 Å². The molecule has 0 amide bonds. The molecule has 0 saturated carbocycles. The molecule has 0 spiro atoms. The van der Waals surface area contributed by atoms with Crippen LogP contribution in [0.1, 0.15) is 0 Å². The van der Waals surface area contributed by atoms with Gasteiger partial charge >= 0.3 is 0 Å². The second kappa shape index (κ2) is 2.96. The number of benzene rings is 1. The second-order valence-electron chi connectivity index (χ2n) is 1.94. The van der Waals surface area contributed by atoms with Gasteiger partial charge in [0.1, 0.15) is 5.75 Å². The molecule has 60 valence electrons. The predicted octanol–water partition coefficient (Wildman–Crippen LogP) is 2.19. The highest BCUT2D eigenvalue weighted by Crippen LogP contribution is 2.30. The first-order valence-electron chi connectivity index (χ1n) is 2.87. The molecule has 11 heavy (non-hydrogen) atoms. The molecule has 1 rings (SSSR count). The van der Waals surface area contributed by atoms with Crippen molar-refractivity contribution in [1.82, 2.24) is 0 Å². The van der Waals surface area contributed by atoms with Gasteiger partial charge < -0.3 is 9.84 Å². The standard InChI is InChI=1S/C7H6ClFO2/c1-11-7-3-6(10)4(8)2-5(7)9/h2-3,10H,1H3. The molecule has 0 saturated heterocycles. The van der Waals surface area contributed by atoms with Crippen molar-refractivity contribution in [3.63, 3.8) is 0 Å². The van der Waals surface area contributed by atoms with E-state index in [0.29, 0.717) is 0 Å². The number of halogens is 2. The van der Waals surface area contributed by atoms with Crippen LogP contribution in [0.25, 0.3) is 0 Å². The quantitative estimate of drug-likeness (QED) is 0.711. The van der Waals surface area contributed by atoms with E-state index in [2.05, 4.69) is 4.74 Å². The van der Waals surface area contributed by atoms with Crippen molar-refractivity contribution >= 4 is 11.6 Å². The van der Waals surface area contributed by atoms with Gasteiger partial charge in [0, 0.05) is 12.1 Å². The Labute approximate surface area is 68.2 Å². The fourth-order valence-electron chi connectivity index (χ4n) is 0.675. The van der Waals surface area contributed by atoms with Gasteiger partial charge in [0.25, 0.3) is 0 Å². The van der Waals surface area contributed by atoms with E-state index in [1.165, 1.54) is 7.11 Å². The van der Waals surface area contributed by atoms with Crippen LogP contribution < -0.4 is 4.74 Å². The summed E-state index contributed by atoms with van der Waals surface area (Å²) in [5.74, 6) is -0.799. The Morgan fingerprint density at radius 1 is 1.55 bits per heavy atom. The number of methoxy groups -OCH3 is 1. The van der Waals surface area contributed by atoms with Gasteiger partial charge in [-0.25, -0.2) is 4.39 Å². The number of aromatic hydroxyl groups is 1. The number of hydrogen-bond donors (Lipinski definition) is 1. The van der Waals surface area contributed by atoms with E-state index in [-0.39, 0.29) is 16.5 Å². The zero-order chi connectivity index (χ0) is 8.43. The van der Waals surface area contributed by atoms with Gasteiger partial charge in [-0.15, -0.1) is 0 Å². The molecule has 0 bridgehead atoms. The van der Waals surface area contributed by atoms with Gasteiger partial charge in [0.15, 0.2) is 11.6 Å². The molecule has 0 radical (unpaired) electrons. The van der Waals surface area contributed by atoms with Crippen LogP contribution in [-0.2, 0) is 0 Å². The first kappa shape index (κ1) is 8.14. The molecule has 1 N–H and O–H groups in total. The van der Waals surface area contributed by atoms with Crippen molar-refractivity contribution in [2.45, 2.75) is 0 Å². The summed E-state index contributed by atoms with van der Waals surface area (Å²) in [4.78, 5) is 0. The second-order valence-corrected chi connectivity index (χ2v) is 2.35. The third kappa shape index (κ3) is 1.54. The molecule has 1 aromatic carbocycles. The number of ether oxygens (including phenoxy) is 1. The average molecular weight is 177 g/mol. The van der Waals surface area contributed by atoms with Gasteiger partial charge in [0.05, 0.1) is 12.1 Å². The SMILES string of the molecule is COc1cc(O)c(Cl)cc1F. The molecule has 1 aromatic rings. The molecule has 0 unspecified atom stereocenters. The number of rotatable bonds is 1. The molecule has 0 aromatic heterocycles. The number of phenols is 1. The molecule has 0 atom stereocenters. The summed E-state index contributed by atoms with van der Waals surface area (Å²) in [6.45, 7) is 0. The summed E-state index contributed by atoms with van der Waals surface area (Å²) in [6, 6.07) is 2.12. The summed E-state index contributed by atoms with van der Waals surface area (Å²) >= 11 is 5.40. The molecule has 0 aliphatic carbocycles. The van der Waals surface area contributed by atoms with Crippen molar-refractivity contribution in [3.8, 4) is 11.5 Å². The fraction of sp³-hybridized carbons (Fsp3) is 0.143. The first-order chi connectivity index (χ1) is 5.15. The molecule has 2 nitrogen and oxygen atoms in total. The Morgan fingerprint density at radius 2 is 2.18 bits per heavy atom. The van der Waals surface area contributed by atoms with Gasteiger partial charge in [0.2, 0.25) is 0 Å². The van der Waals surface area contributed by atoms with Gasteiger partial charge in [-0.05, 0) is 0 Å². The van der Waals surface area contributed by atoms with Crippen LogP contribution in [-0.4, -0.2) is 12.2 Å². The molecule has 4 heteroatoms. The average Bonchev–Trinajstić information content (AvgIpc) is 1.97. The lowest BCUT2D eigenvalue weighted by Crippen LogP contribution is -1.87. The van der Waals surface area contributed by atoms with Crippen molar-refractivity contribution in [2.24, 2.45) is 0 Å². The molecule has 0 aliphatic heterocycles. The molecule has 0 fully saturated rings. The highest BCUT2D eigenvalue weighted by molar-refractivity contribution is 6.32. The van der Waals surface area contributed by atoms with E-state index < -0.39 is 5.82 Å². The monoisotopic (exact) mass is 176 g/mol. The van der Waals surface area contributed by atoms with E-state index in [9.17, 15) is 4.39 Å². The smallest absolute Gasteiger partial charge is 0.166 e. The third-order valence-electron chi connectivity index (χ3n) is 1.22. The van der Waals surface area contributed by atoms with Crippen LogP contribution in [0, 0.1) is 5.82 Å². The predicted molar refractivity (Wildman–Crippen MR) is 39.6 cm³/mol. The highest BCUT2D eigenvalue weighted by Gasteiger charge is 2.06. The van der Waals surface area contributed by atoms with Crippen molar-refractivity contribution in [1.29, 1.82) is 0 Å². The van der Waals surface area contributed by atoms with Gasteiger partial charge in [-0.2, -0.15) is 0 Å². The van der Waals surface area contributed by atoms with Crippen molar-refractivity contribution in [3.05, 3.63) is 23.0 Å². The normalized spacial score (nSPS) is 9.73. The van der Waals surface area contributed by atoms with Crippen LogP contribution >= 0.6 is 11.6 Å². The molecule has 0 aliphatic rings. The van der Waals surface area contributed by atoms with Crippen LogP contribution in [0.2, 0.25) is 5.02 Å². The van der Waals surface area contributed by atoms with Crippen LogP contribution in [0.5, 0.6) is 11.5 Å². The van der Waals surface area contributed by atoms with E-state index >= 15 is 0 Å². The molecular formula is C7H6ClFO2. The third-order valence-corrected chi connectivity index (χ3v) is 1.52. The number of hydrogen-bond acceptors (Lipinski definition) is 2. The Kier molecular flexibility index (Phi) is 2.19.